The molecule has 0 fully saturated rings. The van der Waals surface area contributed by atoms with Crippen molar-refractivity contribution in [2.45, 2.75) is 20.8 Å². The second-order valence-corrected chi connectivity index (χ2v) is 1.91. The zero-order valence-electron chi connectivity index (χ0n) is 5.89. The fourth-order valence-corrected chi connectivity index (χ4v) is 0.671. The molecule has 0 aliphatic heterocycles. The van der Waals surface area contributed by atoms with E-state index in [1.165, 1.54) is 0 Å². The Labute approximate surface area is 51.9 Å². The largest absolute Gasteiger partial charge is 0.0911 e. The standard InChI is InChI=1S/C8H14/c1-4-6-8(3)7-5-2/h4-8H,1-3H3/b6-4+,7-5+. The van der Waals surface area contributed by atoms with Crippen molar-refractivity contribution in [3.63, 3.8) is 0 Å². The molecule has 0 aromatic heterocycles. The summed E-state index contributed by atoms with van der Waals surface area (Å²) in [5, 5.41) is 0. The van der Waals surface area contributed by atoms with Gasteiger partial charge in [0.05, 0.1) is 0 Å². The molecule has 0 nitrogen and oxygen atoms in total. The van der Waals surface area contributed by atoms with Crippen LogP contribution in [0.2, 0.25) is 0 Å². The van der Waals surface area contributed by atoms with Gasteiger partial charge in [0.1, 0.15) is 0 Å². The quantitative estimate of drug-likeness (QED) is 0.479. The van der Waals surface area contributed by atoms with Crippen LogP contribution in [0, 0.1) is 5.92 Å². The highest BCUT2D eigenvalue weighted by Crippen LogP contribution is 1.97. The van der Waals surface area contributed by atoms with E-state index in [1.807, 2.05) is 13.8 Å². The molecule has 0 bridgehead atoms. The molecule has 0 heterocycles. The fraction of sp³-hybridized carbons (Fsp3) is 0.500. The molecule has 8 heavy (non-hydrogen) atoms. The highest BCUT2D eigenvalue weighted by molar-refractivity contribution is 4.95. The van der Waals surface area contributed by atoms with Crippen LogP contribution in [0.5, 0.6) is 0 Å². The van der Waals surface area contributed by atoms with Gasteiger partial charge in [-0.2, -0.15) is 0 Å². The SMILES string of the molecule is C/C=C/C(C)/C=C/C. The molecule has 0 aliphatic rings. The molecule has 0 heteroatoms. The maximum atomic E-state index is 2.17. The summed E-state index contributed by atoms with van der Waals surface area (Å²) in [5.41, 5.74) is 0. The third-order valence-electron chi connectivity index (χ3n) is 0.992. The molecule has 46 valence electrons. The van der Waals surface area contributed by atoms with Crippen LogP contribution in [-0.4, -0.2) is 0 Å². The Kier molecular flexibility index (Phi) is 4.33. The maximum absolute atomic E-state index is 2.17. The van der Waals surface area contributed by atoms with Crippen molar-refractivity contribution in [1.29, 1.82) is 0 Å². The van der Waals surface area contributed by atoms with Crippen molar-refractivity contribution in [3.8, 4) is 0 Å². The van der Waals surface area contributed by atoms with Crippen LogP contribution in [0.1, 0.15) is 20.8 Å². The molecule has 0 saturated heterocycles. The lowest BCUT2D eigenvalue weighted by atomic mass is 10.1. The van der Waals surface area contributed by atoms with Gasteiger partial charge in [-0.15, -0.1) is 0 Å². The van der Waals surface area contributed by atoms with Gasteiger partial charge in [-0.05, 0) is 19.8 Å². The van der Waals surface area contributed by atoms with Gasteiger partial charge < -0.3 is 0 Å². The van der Waals surface area contributed by atoms with Crippen LogP contribution >= 0.6 is 0 Å². The van der Waals surface area contributed by atoms with Crippen molar-refractivity contribution in [1.82, 2.24) is 0 Å². The highest BCUT2D eigenvalue weighted by atomic mass is 13.9. The summed E-state index contributed by atoms with van der Waals surface area (Å²) in [6.45, 7) is 6.25. The van der Waals surface area contributed by atoms with Gasteiger partial charge >= 0.3 is 0 Å². The summed E-state index contributed by atoms with van der Waals surface area (Å²) in [7, 11) is 0. The van der Waals surface area contributed by atoms with E-state index in [0.717, 1.165) is 0 Å². The van der Waals surface area contributed by atoms with Crippen LogP contribution in [0.4, 0.5) is 0 Å². The molecule has 0 atom stereocenters. The second-order valence-electron chi connectivity index (χ2n) is 1.91. The molecule has 0 aromatic rings. The summed E-state index contributed by atoms with van der Waals surface area (Å²) in [6, 6.07) is 0. The molecular weight excluding hydrogens is 96.1 g/mol. The lowest BCUT2D eigenvalue weighted by Gasteiger charge is -1.92. The molecule has 0 aromatic carbocycles. The summed E-state index contributed by atoms with van der Waals surface area (Å²) in [6.07, 6.45) is 8.48. The van der Waals surface area contributed by atoms with Crippen molar-refractivity contribution in [2.24, 2.45) is 5.92 Å². The van der Waals surface area contributed by atoms with E-state index in [2.05, 4.69) is 31.2 Å². The van der Waals surface area contributed by atoms with E-state index in [-0.39, 0.29) is 0 Å². The minimum Gasteiger partial charge on any atom is -0.0911 e. The summed E-state index contributed by atoms with van der Waals surface area (Å²) in [4.78, 5) is 0. The lowest BCUT2D eigenvalue weighted by molar-refractivity contribution is 0.935. The number of hydrogen-bond donors (Lipinski definition) is 0. The van der Waals surface area contributed by atoms with E-state index in [4.69, 9.17) is 0 Å². The zero-order chi connectivity index (χ0) is 6.41. The van der Waals surface area contributed by atoms with Gasteiger partial charge in [-0.3, -0.25) is 0 Å². The van der Waals surface area contributed by atoms with Crippen molar-refractivity contribution in [3.05, 3.63) is 24.3 Å². The van der Waals surface area contributed by atoms with Gasteiger partial charge in [0.2, 0.25) is 0 Å². The Bertz CT molecular complexity index is 76.2. The normalized spacial score (nSPS) is 12.5. The Morgan fingerprint density at radius 1 is 1.00 bits per heavy atom. The van der Waals surface area contributed by atoms with Gasteiger partial charge in [-0.25, -0.2) is 0 Å². The molecule has 0 spiro atoms. The predicted molar refractivity (Wildman–Crippen MR) is 38.8 cm³/mol. The van der Waals surface area contributed by atoms with Crippen LogP contribution < -0.4 is 0 Å². The highest BCUT2D eigenvalue weighted by Gasteiger charge is 1.83. The first-order valence-electron chi connectivity index (χ1n) is 3.07. The molecule has 0 radical (unpaired) electrons. The van der Waals surface area contributed by atoms with Crippen molar-refractivity contribution in [2.75, 3.05) is 0 Å². The molecule has 0 aliphatic carbocycles. The van der Waals surface area contributed by atoms with Crippen LogP contribution in [0.3, 0.4) is 0 Å². The Hall–Kier alpha value is -0.520. The van der Waals surface area contributed by atoms with E-state index in [0.29, 0.717) is 5.92 Å². The topological polar surface area (TPSA) is 0 Å². The van der Waals surface area contributed by atoms with Crippen LogP contribution in [0.15, 0.2) is 24.3 Å². The molecule has 0 unspecified atom stereocenters. The van der Waals surface area contributed by atoms with Crippen LogP contribution in [-0.2, 0) is 0 Å². The molecule has 0 N–H and O–H groups in total. The average Bonchev–Trinajstić information content (AvgIpc) is 1.68. The smallest absolute Gasteiger partial charge is 0.00821 e. The number of rotatable bonds is 2. The third kappa shape index (κ3) is 3.66. The van der Waals surface area contributed by atoms with Gasteiger partial charge in [0.25, 0.3) is 0 Å². The first-order chi connectivity index (χ1) is 3.81. The van der Waals surface area contributed by atoms with Gasteiger partial charge in [-0.1, -0.05) is 31.2 Å². The monoisotopic (exact) mass is 110 g/mol. The van der Waals surface area contributed by atoms with E-state index >= 15 is 0 Å². The number of allylic oxidation sites excluding steroid dienone is 4. The van der Waals surface area contributed by atoms with E-state index in [9.17, 15) is 0 Å². The number of hydrogen-bond acceptors (Lipinski definition) is 0. The summed E-state index contributed by atoms with van der Waals surface area (Å²) in [5.74, 6) is 0.602. The van der Waals surface area contributed by atoms with Crippen molar-refractivity contribution >= 4 is 0 Å². The summed E-state index contributed by atoms with van der Waals surface area (Å²) < 4.78 is 0. The molecular formula is C8H14. The second kappa shape index (κ2) is 4.63. The molecule has 0 rings (SSSR count). The van der Waals surface area contributed by atoms with E-state index < -0.39 is 0 Å². The van der Waals surface area contributed by atoms with Gasteiger partial charge in [0.15, 0.2) is 0 Å². The Balaban J connectivity index is 3.47. The first kappa shape index (κ1) is 7.48. The van der Waals surface area contributed by atoms with Crippen LogP contribution in [0.25, 0.3) is 0 Å². The molecule has 0 amide bonds. The first-order valence-corrected chi connectivity index (χ1v) is 3.07. The Morgan fingerprint density at radius 2 is 1.38 bits per heavy atom. The Morgan fingerprint density at radius 3 is 1.62 bits per heavy atom. The minimum absolute atomic E-state index is 0.602. The minimum atomic E-state index is 0.602. The predicted octanol–water partition coefficient (Wildman–Crippen LogP) is 2.77. The van der Waals surface area contributed by atoms with E-state index in [1.54, 1.807) is 0 Å². The average molecular weight is 110 g/mol. The summed E-state index contributed by atoms with van der Waals surface area (Å²) >= 11 is 0. The third-order valence-corrected chi connectivity index (χ3v) is 0.992. The maximum Gasteiger partial charge on any atom is -0.00821 e. The molecule has 0 saturated carbocycles. The van der Waals surface area contributed by atoms with Gasteiger partial charge in [0, 0.05) is 0 Å². The van der Waals surface area contributed by atoms with Crippen molar-refractivity contribution < 1.29 is 0 Å². The fourth-order valence-electron chi connectivity index (χ4n) is 0.671. The zero-order valence-corrected chi connectivity index (χ0v) is 5.89. The lowest BCUT2D eigenvalue weighted by Crippen LogP contribution is -1.78.